The highest BCUT2D eigenvalue weighted by Crippen LogP contribution is 2.35. The molecule has 3 aromatic heterocycles. The summed E-state index contributed by atoms with van der Waals surface area (Å²) in [7, 11) is 1.60. The van der Waals surface area contributed by atoms with Crippen LogP contribution in [0.2, 0.25) is 0 Å². The minimum Gasteiger partial charge on any atom is -0.497 e. The lowest BCUT2D eigenvalue weighted by Crippen LogP contribution is -2.24. The maximum atomic E-state index is 13.3. The van der Waals surface area contributed by atoms with Crippen LogP contribution in [0.4, 0.5) is 0 Å². The number of ether oxygens (including phenoxy) is 1. The number of carbonyl (C=O) groups excluding carboxylic acids is 1. The first-order valence-corrected chi connectivity index (χ1v) is 9.82. The molecule has 1 aromatic carbocycles. The number of fused-ring (bicyclic) bond motifs is 3. The molecule has 1 aliphatic carbocycles. The second-order valence-electron chi connectivity index (χ2n) is 7.64. The predicted octanol–water partition coefficient (Wildman–Crippen LogP) is 2.03. The fourth-order valence-electron chi connectivity index (χ4n) is 4.17. The number of carbonyl (C=O) groups is 1. The standard InChI is InChI=1S/C22H19N5O4/c1-11-7-18(29)25-22(24-11)27-21(30)19-15-8-13(12-3-5-14(31-2)6-4-12)9-17(28)16(15)10-23-20(19)26-27/h3-7,10,13H,8-9H2,1-2H3,(H,23,26)(H,24,25,29)/t13-/m0/s1. The van der Waals surface area contributed by atoms with Crippen LogP contribution in [0.5, 0.6) is 5.75 Å². The quantitative estimate of drug-likeness (QED) is 0.526. The third kappa shape index (κ3) is 3.14. The zero-order valence-electron chi connectivity index (χ0n) is 16.9. The molecule has 0 bridgehead atoms. The van der Waals surface area contributed by atoms with Gasteiger partial charge in [0.1, 0.15) is 5.75 Å². The van der Waals surface area contributed by atoms with Crippen molar-refractivity contribution in [3.05, 3.63) is 79.6 Å². The Bertz CT molecular complexity index is 1450. The van der Waals surface area contributed by atoms with E-state index in [2.05, 4.69) is 20.1 Å². The van der Waals surface area contributed by atoms with Gasteiger partial charge >= 0.3 is 0 Å². The van der Waals surface area contributed by atoms with Crippen LogP contribution >= 0.6 is 0 Å². The van der Waals surface area contributed by atoms with Gasteiger partial charge in [-0.15, -0.1) is 0 Å². The smallest absolute Gasteiger partial charge is 0.283 e. The minimum absolute atomic E-state index is 0.0503. The molecule has 9 heteroatoms. The number of Topliss-reactive ketones (excluding diaryl/α,β-unsaturated/α-hetero) is 1. The van der Waals surface area contributed by atoms with Crippen LogP contribution in [0.1, 0.15) is 39.5 Å². The number of pyridine rings is 1. The van der Waals surface area contributed by atoms with E-state index in [1.807, 2.05) is 24.3 Å². The fraction of sp³-hybridized carbons (Fsp3) is 0.227. The van der Waals surface area contributed by atoms with Crippen LogP contribution in [0.25, 0.3) is 17.0 Å². The molecule has 4 aromatic rings. The summed E-state index contributed by atoms with van der Waals surface area (Å²) in [6.45, 7) is 1.67. The third-order valence-corrected chi connectivity index (χ3v) is 5.66. The van der Waals surface area contributed by atoms with Gasteiger partial charge in [0.2, 0.25) is 5.95 Å². The largest absolute Gasteiger partial charge is 0.497 e. The topological polar surface area (TPSA) is 123 Å². The first-order valence-electron chi connectivity index (χ1n) is 9.82. The maximum Gasteiger partial charge on any atom is 0.283 e. The maximum absolute atomic E-state index is 13.3. The highest BCUT2D eigenvalue weighted by molar-refractivity contribution is 6.02. The Hall–Kier alpha value is -4.01. The van der Waals surface area contributed by atoms with Gasteiger partial charge in [-0.05, 0) is 42.5 Å². The summed E-state index contributed by atoms with van der Waals surface area (Å²) in [4.78, 5) is 49.0. The fourth-order valence-corrected chi connectivity index (χ4v) is 4.17. The average molecular weight is 417 g/mol. The van der Waals surface area contributed by atoms with Crippen molar-refractivity contribution >= 4 is 16.8 Å². The lowest BCUT2D eigenvalue weighted by molar-refractivity contribution is 0.0964. The van der Waals surface area contributed by atoms with E-state index in [1.54, 1.807) is 14.0 Å². The van der Waals surface area contributed by atoms with Crippen molar-refractivity contribution in [2.45, 2.75) is 25.7 Å². The molecule has 0 saturated carbocycles. The van der Waals surface area contributed by atoms with E-state index in [0.29, 0.717) is 40.7 Å². The Morgan fingerprint density at radius 1 is 1.13 bits per heavy atom. The number of aromatic nitrogens is 5. The number of nitrogens with one attached hydrogen (secondary N) is 2. The zero-order valence-corrected chi connectivity index (χ0v) is 16.9. The van der Waals surface area contributed by atoms with E-state index in [1.165, 1.54) is 12.3 Å². The van der Waals surface area contributed by atoms with Crippen LogP contribution in [0, 0.1) is 6.92 Å². The minimum atomic E-state index is -0.406. The molecule has 1 aliphatic rings. The molecule has 9 nitrogen and oxygen atoms in total. The summed E-state index contributed by atoms with van der Waals surface area (Å²) in [5.74, 6) is 0.712. The normalized spacial score (nSPS) is 15.8. The Morgan fingerprint density at radius 2 is 1.90 bits per heavy atom. The van der Waals surface area contributed by atoms with Crippen molar-refractivity contribution in [3.8, 4) is 11.7 Å². The number of rotatable bonds is 3. The SMILES string of the molecule is COc1ccc([C@@H]2CC(=O)c3cnc4[nH]n(-c5nc(C)cc(=O)[nH]5)c(=O)c4c3C2)cc1. The molecular weight excluding hydrogens is 398 g/mol. The lowest BCUT2D eigenvalue weighted by Gasteiger charge is -2.24. The average Bonchev–Trinajstić information content (AvgIpc) is 3.10. The van der Waals surface area contributed by atoms with Gasteiger partial charge in [-0.1, -0.05) is 12.1 Å². The molecule has 2 N–H and O–H groups in total. The van der Waals surface area contributed by atoms with Crippen molar-refractivity contribution < 1.29 is 9.53 Å². The van der Waals surface area contributed by atoms with E-state index in [0.717, 1.165) is 16.0 Å². The Balaban J connectivity index is 1.65. The summed E-state index contributed by atoms with van der Waals surface area (Å²) in [6.07, 6.45) is 2.38. The van der Waals surface area contributed by atoms with Crippen LogP contribution in [0.3, 0.4) is 0 Å². The summed E-state index contributed by atoms with van der Waals surface area (Å²) < 4.78 is 6.37. The van der Waals surface area contributed by atoms with Gasteiger partial charge in [0.25, 0.3) is 11.1 Å². The molecule has 0 amide bonds. The Kier molecular flexibility index (Phi) is 4.32. The zero-order chi connectivity index (χ0) is 21.7. The number of ketones is 1. The molecule has 1 atom stereocenters. The van der Waals surface area contributed by atoms with Gasteiger partial charge in [-0.3, -0.25) is 24.5 Å². The monoisotopic (exact) mass is 417 g/mol. The summed E-state index contributed by atoms with van der Waals surface area (Å²) in [5, 5.41) is 3.24. The lowest BCUT2D eigenvalue weighted by atomic mass is 9.79. The molecule has 0 aliphatic heterocycles. The number of H-pyrrole nitrogens is 2. The highest BCUT2D eigenvalue weighted by Gasteiger charge is 2.30. The van der Waals surface area contributed by atoms with Gasteiger partial charge in [-0.25, -0.2) is 9.97 Å². The van der Waals surface area contributed by atoms with Crippen LogP contribution in [-0.4, -0.2) is 37.6 Å². The van der Waals surface area contributed by atoms with Gasteiger partial charge in [-0.2, -0.15) is 4.68 Å². The van der Waals surface area contributed by atoms with Gasteiger partial charge in [0.15, 0.2) is 11.4 Å². The van der Waals surface area contributed by atoms with Gasteiger partial charge in [0.05, 0.1) is 12.5 Å². The molecule has 0 fully saturated rings. The Labute approximate surface area is 175 Å². The van der Waals surface area contributed by atoms with Gasteiger partial charge < -0.3 is 4.74 Å². The first-order chi connectivity index (χ1) is 14.9. The number of benzene rings is 1. The molecule has 0 radical (unpaired) electrons. The first kappa shape index (κ1) is 19.0. The van der Waals surface area contributed by atoms with Crippen molar-refractivity contribution in [1.82, 2.24) is 24.7 Å². The van der Waals surface area contributed by atoms with Crippen LogP contribution < -0.4 is 15.9 Å². The third-order valence-electron chi connectivity index (χ3n) is 5.66. The molecule has 0 saturated heterocycles. The van der Waals surface area contributed by atoms with Crippen molar-refractivity contribution in [2.24, 2.45) is 0 Å². The number of nitrogens with zero attached hydrogens (tertiary/aromatic N) is 3. The van der Waals surface area contributed by atoms with Gasteiger partial charge in [0, 0.05) is 29.9 Å². The molecule has 3 heterocycles. The van der Waals surface area contributed by atoms with E-state index < -0.39 is 5.56 Å². The predicted molar refractivity (Wildman–Crippen MR) is 113 cm³/mol. The molecule has 0 spiro atoms. The molecule has 0 unspecified atom stereocenters. The summed E-state index contributed by atoms with van der Waals surface area (Å²) in [6, 6.07) is 8.95. The molecule has 31 heavy (non-hydrogen) atoms. The molecular formula is C22H19N5O4. The number of hydrogen-bond acceptors (Lipinski definition) is 6. The van der Waals surface area contributed by atoms with E-state index >= 15 is 0 Å². The number of aryl methyl sites for hydroxylation is 1. The van der Waals surface area contributed by atoms with Crippen molar-refractivity contribution in [3.63, 3.8) is 0 Å². The van der Waals surface area contributed by atoms with Crippen molar-refractivity contribution in [1.29, 1.82) is 0 Å². The van der Waals surface area contributed by atoms with Crippen LogP contribution in [-0.2, 0) is 6.42 Å². The number of methoxy groups -OCH3 is 1. The molecule has 156 valence electrons. The van der Waals surface area contributed by atoms with E-state index in [9.17, 15) is 14.4 Å². The number of aromatic amines is 2. The van der Waals surface area contributed by atoms with E-state index in [4.69, 9.17) is 4.74 Å². The second kappa shape index (κ2) is 7.05. The van der Waals surface area contributed by atoms with Crippen LogP contribution in [0.15, 0.2) is 46.1 Å². The number of hydrogen-bond donors (Lipinski definition) is 2. The summed E-state index contributed by atoms with van der Waals surface area (Å²) in [5.41, 5.74) is 2.19. The molecule has 5 rings (SSSR count). The van der Waals surface area contributed by atoms with Crippen molar-refractivity contribution in [2.75, 3.05) is 7.11 Å². The highest BCUT2D eigenvalue weighted by atomic mass is 16.5. The summed E-state index contributed by atoms with van der Waals surface area (Å²) >= 11 is 0. The van der Waals surface area contributed by atoms with E-state index in [-0.39, 0.29) is 23.2 Å². The Morgan fingerprint density at radius 3 is 2.61 bits per heavy atom. The second-order valence-corrected chi connectivity index (χ2v) is 7.64.